The van der Waals surface area contributed by atoms with Crippen LogP contribution >= 0.6 is 0 Å². The van der Waals surface area contributed by atoms with Crippen molar-refractivity contribution in [3.63, 3.8) is 0 Å². The minimum atomic E-state index is -0.555. The van der Waals surface area contributed by atoms with Gasteiger partial charge in [0.1, 0.15) is 5.69 Å². The molecule has 0 radical (unpaired) electrons. The number of hydrogen-bond acceptors (Lipinski definition) is 5. The Hall–Kier alpha value is -3.74. The second kappa shape index (κ2) is 7.87. The van der Waals surface area contributed by atoms with Crippen LogP contribution < -0.4 is 10.2 Å². The number of ketones is 1. The maximum Gasteiger partial charge on any atom is 0.293 e. The van der Waals surface area contributed by atoms with Crippen molar-refractivity contribution in [3.05, 3.63) is 76.3 Å². The quantitative estimate of drug-likeness (QED) is 0.398. The lowest BCUT2D eigenvalue weighted by atomic mass is 10.1. The molecule has 0 atom stereocenters. The third-order valence-corrected chi connectivity index (χ3v) is 4.43. The van der Waals surface area contributed by atoms with E-state index in [0.717, 1.165) is 10.8 Å². The number of carbonyl (C=O) groups excluding carboxylic acids is 2. The third kappa shape index (κ3) is 3.98. The highest BCUT2D eigenvalue weighted by Gasteiger charge is 2.20. The minimum absolute atomic E-state index is 0.0799. The van der Waals surface area contributed by atoms with Gasteiger partial charge in [-0.3, -0.25) is 19.7 Å². The summed E-state index contributed by atoms with van der Waals surface area (Å²) in [5, 5.41) is 16.2. The number of nitrogens with one attached hydrogen (secondary N) is 1. The molecule has 3 rings (SSSR count). The molecule has 0 aliphatic heterocycles. The summed E-state index contributed by atoms with van der Waals surface area (Å²) in [6.45, 7) is 1.27. The van der Waals surface area contributed by atoms with E-state index in [2.05, 4.69) is 5.32 Å². The van der Waals surface area contributed by atoms with Crippen LogP contribution in [0.25, 0.3) is 10.8 Å². The molecule has 0 fully saturated rings. The summed E-state index contributed by atoms with van der Waals surface area (Å²) in [4.78, 5) is 36.3. The van der Waals surface area contributed by atoms with Crippen LogP contribution in [0.15, 0.2) is 60.7 Å². The molecule has 0 aromatic heterocycles. The predicted molar refractivity (Wildman–Crippen MR) is 109 cm³/mol. The van der Waals surface area contributed by atoms with Gasteiger partial charge in [-0.05, 0) is 30.5 Å². The SMILES string of the molecule is CC(=O)c1ccc(N(C)CC(=O)Nc2cccc3ccccc23)c([N+](=O)[O-])c1. The lowest BCUT2D eigenvalue weighted by molar-refractivity contribution is -0.384. The average molecular weight is 377 g/mol. The van der Waals surface area contributed by atoms with E-state index >= 15 is 0 Å². The molecule has 7 heteroatoms. The number of rotatable bonds is 6. The number of nitro groups is 1. The van der Waals surface area contributed by atoms with Gasteiger partial charge in [0.2, 0.25) is 5.91 Å². The fourth-order valence-electron chi connectivity index (χ4n) is 3.04. The first-order valence-corrected chi connectivity index (χ1v) is 8.65. The van der Waals surface area contributed by atoms with Crippen LogP contribution in [0.5, 0.6) is 0 Å². The molecular formula is C21H19N3O4. The van der Waals surface area contributed by atoms with Crippen molar-refractivity contribution >= 4 is 39.5 Å². The van der Waals surface area contributed by atoms with E-state index in [4.69, 9.17) is 0 Å². The van der Waals surface area contributed by atoms with Gasteiger partial charge in [0, 0.05) is 29.8 Å². The molecule has 142 valence electrons. The fourth-order valence-corrected chi connectivity index (χ4v) is 3.04. The summed E-state index contributed by atoms with van der Waals surface area (Å²) in [6, 6.07) is 17.5. The van der Waals surface area contributed by atoms with Gasteiger partial charge < -0.3 is 10.2 Å². The van der Waals surface area contributed by atoms with Crippen LogP contribution in [0.4, 0.5) is 17.1 Å². The van der Waals surface area contributed by atoms with Crippen LogP contribution in [-0.2, 0) is 4.79 Å². The molecule has 0 bridgehead atoms. The highest BCUT2D eigenvalue weighted by Crippen LogP contribution is 2.29. The van der Waals surface area contributed by atoms with Gasteiger partial charge in [0.15, 0.2) is 5.78 Å². The smallest absolute Gasteiger partial charge is 0.293 e. The molecule has 1 N–H and O–H groups in total. The number of hydrogen-bond donors (Lipinski definition) is 1. The zero-order chi connectivity index (χ0) is 20.3. The molecule has 0 heterocycles. The molecule has 0 unspecified atom stereocenters. The van der Waals surface area contributed by atoms with E-state index in [1.54, 1.807) is 7.05 Å². The Morgan fingerprint density at radius 2 is 1.79 bits per heavy atom. The number of anilines is 2. The van der Waals surface area contributed by atoms with Gasteiger partial charge in [-0.15, -0.1) is 0 Å². The molecule has 3 aromatic carbocycles. The highest BCUT2D eigenvalue weighted by atomic mass is 16.6. The average Bonchev–Trinajstić information content (AvgIpc) is 2.67. The first-order valence-electron chi connectivity index (χ1n) is 8.65. The normalized spacial score (nSPS) is 10.5. The standard InChI is InChI=1S/C21H19N3O4/c1-14(25)16-10-11-19(20(12-16)24(27)28)23(2)13-21(26)22-18-9-5-7-15-6-3-4-8-17(15)18/h3-12H,13H2,1-2H3,(H,22,26). The lowest BCUT2D eigenvalue weighted by Gasteiger charge is -2.19. The van der Waals surface area contributed by atoms with Gasteiger partial charge in [-0.1, -0.05) is 36.4 Å². The topological polar surface area (TPSA) is 92.6 Å². The molecule has 0 saturated heterocycles. The van der Waals surface area contributed by atoms with Crippen molar-refractivity contribution in [2.45, 2.75) is 6.92 Å². The van der Waals surface area contributed by atoms with Gasteiger partial charge in [0.05, 0.1) is 11.5 Å². The predicted octanol–water partition coefficient (Wildman–Crippen LogP) is 4.03. The van der Waals surface area contributed by atoms with Crippen molar-refractivity contribution in [3.8, 4) is 0 Å². The molecule has 0 spiro atoms. The van der Waals surface area contributed by atoms with Gasteiger partial charge >= 0.3 is 0 Å². The van der Waals surface area contributed by atoms with Crippen molar-refractivity contribution in [2.24, 2.45) is 0 Å². The minimum Gasteiger partial charge on any atom is -0.360 e. The number of amides is 1. The van der Waals surface area contributed by atoms with E-state index in [-0.39, 0.29) is 35.2 Å². The maximum absolute atomic E-state index is 12.5. The Morgan fingerprint density at radius 3 is 2.50 bits per heavy atom. The largest absolute Gasteiger partial charge is 0.360 e. The van der Waals surface area contributed by atoms with Gasteiger partial charge in [-0.25, -0.2) is 0 Å². The van der Waals surface area contributed by atoms with Crippen molar-refractivity contribution < 1.29 is 14.5 Å². The van der Waals surface area contributed by atoms with E-state index < -0.39 is 4.92 Å². The van der Waals surface area contributed by atoms with Crippen molar-refractivity contribution in [2.75, 3.05) is 23.8 Å². The maximum atomic E-state index is 12.5. The van der Waals surface area contributed by atoms with Crippen LogP contribution in [0, 0.1) is 10.1 Å². The first kappa shape index (κ1) is 19.0. The Kier molecular flexibility index (Phi) is 5.35. The van der Waals surface area contributed by atoms with Gasteiger partial charge in [-0.2, -0.15) is 0 Å². The van der Waals surface area contributed by atoms with E-state index in [0.29, 0.717) is 5.69 Å². The van der Waals surface area contributed by atoms with Crippen LogP contribution in [0.3, 0.4) is 0 Å². The summed E-state index contributed by atoms with van der Waals surface area (Å²) >= 11 is 0. The van der Waals surface area contributed by atoms with Gasteiger partial charge in [0.25, 0.3) is 5.69 Å². The zero-order valence-electron chi connectivity index (χ0n) is 15.5. The number of carbonyl (C=O) groups is 2. The van der Waals surface area contributed by atoms with E-state index in [1.165, 1.54) is 30.0 Å². The Morgan fingerprint density at radius 1 is 1.07 bits per heavy atom. The van der Waals surface area contributed by atoms with E-state index in [9.17, 15) is 19.7 Å². The molecule has 7 nitrogen and oxygen atoms in total. The molecule has 1 amide bonds. The second-order valence-corrected chi connectivity index (χ2v) is 6.45. The van der Waals surface area contributed by atoms with Crippen LogP contribution in [-0.4, -0.2) is 30.2 Å². The monoisotopic (exact) mass is 377 g/mol. The number of nitro benzene ring substituents is 1. The lowest BCUT2D eigenvalue weighted by Crippen LogP contribution is -2.30. The Bertz CT molecular complexity index is 1070. The molecule has 0 aliphatic carbocycles. The first-order chi connectivity index (χ1) is 13.4. The molecular weight excluding hydrogens is 358 g/mol. The number of nitrogens with zero attached hydrogens (tertiary/aromatic N) is 2. The Balaban J connectivity index is 1.81. The third-order valence-electron chi connectivity index (χ3n) is 4.43. The Labute approximate surface area is 161 Å². The highest BCUT2D eigenvalue weighted by molar-refractivity contribution is 6.03. The van der Waals surface area contributed by atoms with Crippen LogP contribution in [0.2, 0.25) is 0 Å². The number of benzene rings is 3. The summed E-state index contributed by atoms with van der Waals surface area (Å²) in [7, 11) is 1.60. The number of likely N-dealkylation sites (N-methyl/N-ethyl adjacent to an activating group) is 1. The number of fused-ring (bicyclic) bond motifs is 1. The number of Topliss-reactive ketones (excluding diaryl/α,β-unsaturated/α-hetero) is 1. The molecule has 28 heavy (non-hydrogen) atoms. The summed E-state index contributed by atoms with van der Waals surface area (Å²) < 4.78 is 0. The fraction of sp³-hybridized carbons (Fsp3) is 0.143. The molecule has 0 saturated carbocycles. The zero-order valence-corrected chi connectivity index (χ0v) is 15.5. The van der Waals surface area contributed by atoms with Crippen molar-refractivity contribution in [1.82, 2.24) is 0 Å². The summed E-state index contributed by atoms with van der Waals surface area (Å²) in [5.74, 6) is -0.560. The second-order valence-electron chi connectivity index (χ2n) is 6.45. The summed E-state index contributed by atoms with van der Waals surface area (Å²) in [6.07, 6.45) is 0. The van der Waals surface area contributed by atoms with Crippen molar-refractivity contribution in [1.29, 1.82) is 0 Å². The van der Waals surface area contributed by atoms with Crippen LogP contribution in [0.1, 0.15) is 17.3 Å². The molecule has 0 aliphatic rings. The molecule has 3 aromatic rings. The summed E-state index contributed by atoms with van der Waals surface area (Å²) in [5.41, 5.74) is 0.984. The van der Waals surface area contributed by atoms with E-state index in [1.807, 2.05) is 42.5 Å².